The number of rotatable bonds is 4. The van der Waals surface area contributed by atoms with Crippen molar-refractivity contribution in [1.29, 1.82) is 0 Å². The molecule has 2 aromatic rings. The molecule has 90 valence electrons. The molecule has 2 nitrogen and oxygen atoms in total. The number of furan rings is 1. The zero-order valence-electron chi connectivity index (χ0n) is 9.41. The Bertz CT molecular complexity index is 462. The van der Waals surface area contributed by atoms with Gasteiger partial charge in [0.15, 0.2) is 0 Å². The Morgan fingerprint density at radius 2 is 1.94 bits per heavy atom. The summed E-state index contributed by atoms with van der Waals surface area (Å²) in [6.07, 6.45) is 1.59. The molecule has 0 aliphatic heterocycles. The molecule has 0 bridgehead atoms. The van der Waals surface area contributed by atoms with E-state index in [0.717, 1.165) is 11.8 Å². The van der Waals surface area contributed by atoms with Crippen LogP contribution in [0.3, 0.4) is 0 Å². The minimum Gasteiger partial charge on any atom is -0.468 e. The maximum atomic E-state index is 13.0. The number of hydrogen-bond donors (Lipinski definition) is 1. The van der Waals surface area contributed by atoms with Crippen molar-refractivity contribution >= 4 is 0 Å². The van der Waals surface area contributed by atoms with Crippen LogP contribution in [0.5, 0.6) is 0 Å². The molecule has 0 aliphatic carbocycles. The molecule has 17 heavy (non-hydrogen) atoms. The Balaban J connectivity index is 2.01. The Labute approximate surface area is 98.3 Å². The third-order valence-electron chi connectivity index (χ3n) is 2.55. The number of halogens is 2. The zero-order chi connectivity index (χ0) is 12.3. The van der Waals surface area contributed by atoms with Gasteiger partial charge in [0.25, 0.3) is 0 Å². The largest absolute Gasteiger partial charge is 0.468 e. The van der Waals surface area contributed by atoms with E-state index in [-0.39, 0.29) is 6.04 Å². The first-order valence-electron chi connectivity index (χ1n) is 5.37. The molecule has 0 saturated carbocycles. The van der Waals surface area contributed by atoms with Crippen molar-refractivity contribution in [3.05, 3.63) is 59.6 Å². The molecular weight excluding hydrogens is 224 g/mol. The first kappa shape index (κ1) is 11.8. The zero-order valence-corrected chi connectivity index (χ0v) is 9.41. The van der Waals surface area contributed by atoms with Gasteiger partial charge in [-0.25, -0.2) is 8.78 Å². The molecule has 1 heterocycles. The molecule has 1 unspecified atom stereocenters. The highest BCUT2D eigenvalue weighted by Crippen LogP contribution is 2.16. The summed E-state index contributed by atoms with van der Waals surface area (Å²) >= 11 is 0. The van der Waals surface area contributed by atoms with Gasteiger partial charge in [-0.3, -0.25) is 0 Å². The van der Waals surface area contributed by atoms with Crippen LogP contribution < -0.4 is 5.32 Å². The van der Waals surface area contributed by atoms with Gasteiger partial charge in [-0.05, 0) is 36.8 Å². The lowest BCUT2D eigenvalue weighted by atomic mass is 10.1. The Morgan fingerprint density at radius 1 is 1.24 bits per heavy atom. The van der Waals surface area contributed by atoms with Crippen LogP contribution in [0.15, 0.2) is 41.0 Å². The predicted molar refractivity (Wildman–Crippen MR) is 60.3 cm³/mol. The number of nitrogens with one attached hydrogen (secondary N) is 1. The van der Waals surface area contributed by atoms with E-state index >= 15 is 0 Å². The van der Waals surface area contributed by atoms with Crippen molar-refractivity contribution in [2.24, 2.45) is 0 Å². The highest BCUT2D eigenvalue weighted by atomic mass is 19.1. The topological polar surface area (TPSA) is 25.2 Å². The maximum absolute atomic E-state index is 13.0. The smallest absolute Gasteiger partial charge is 0.126 e. The number of benzene rings is 1. The van der Waals surface area contributed by atoms with Crippen LogP contribution >= 0.6 is 0 Å². The average Bonchev–Trinajstić information content (AvgIpc) is 2.77. The van der Waals surface area contributed by atoms with Crippen LogP contribution in [0.4, 0.5) is 8.78 Å². The summed E-state index contributed by atoms with van der Waals surface area (Å²) < 4.78 is 31.2. The van der Waals surface area contributed by atoms with Crippen LogP contribution in [0.2, 0.25) is 0 Å². The lowest BCUT2D eigenvalue weighted by Gasteiger charge is -2.13. The first-order chi connectivity index (χ1) is 8.15. The van der Waals surface area contributed by atoms with Gasteiger partial charge < -0.3 is 9.73 Å². The summed E-state index contributed by atoms with van der Waals surface area (Å²) in [6.45, 7) is 2.36. The first-order valence-corrected chi connectivity index (χ1v) is 5.37. The molecule has 0 aliphatic rings. The Hall–Kier alpha value is -1.68. The Morgan fingerprint density at radius 3 is 2.53 bits per heavy atom. The van der Waals surface area contributed by atoms with Crippen molar-refractivity contribution in [3.8, 4) is 0 Å². The van der Waals surface area contributed by atoms with Gasteiger partial charge in [0, 0.05) is 12.1 Å². The lowest BCUT2D eigenvalue weighted by molar-refractivity contribution is 0.458. The van der Waals surface area contributed by atoms with Gasteiger partial charge >= 0.3 is 0 Å². The maximum Gasteiger partial charge on any atom is 0.126 e. The number of hydrogen-bond acceptors (Lipinski definition) is 2. The second kappa shape index (κ2) is 5.10. The minimum atomic E-state index is -0.563. The summed E-state index contributed by atoms with van der Waals surface area (Å²) in [4.78, 5) is 0. The molecule has 0 saturated heterocycles. The van der Waals surface area contributed by atoms with Crippen LogP contribution in [0.1, 0.15) is 24.3 Å². The fourth-order valence-corrected chi connectivity index (χ4v) is 1.61. The molecular formula is C13H13F2NO. The molecule has 0 radical (unpaired) electrons. The molecule has 0 amide bonds. The third-order valence-corrected chi connectivity index (χ3v) is 2.55. The molecule has 1 aromatic carbocycles. The molecule has 4 heteroatoms. The predicted octanol–water partition coefficient (Wildman–Crippen LogP) is 3.41. The summed E-state index contributed by atoms with van der Waals surface area (Å²) in [7, 11) is 0. The van der Waals surface area contributed by atoms with Crippen molar-refractivity contribution in [1.82, 2.24) is 5.32 Å². The van der Waals surface area contributed by atoms with E-state index in [0.29, 0.717) is 12.1 Å². The van der Waals surface area contributed by atoms with Crippen molar-refractivity contribution in [3.63, 3.8) is 0 Å². The van der Waals surface area contributed by atoms with Gasteiger partial charge in [-0.2, -0.15) is 0 Å². The van der Waals surface area contributed by atoms with Crippen molar-refractivity contribution in [2.45, 2.75) is 19.5 Å². The minimum absolute atomic E-state index is 0.148. The molecule has 0 fully saturated rings. The fraction of sp³-hybridized carbons (Fsp3) is 0.231. The van der Waals surface area contributed by atoms with Crippen molar-refractivity contribution < 1.29 is 13.2 Å². The van der Waals surface area contributed by atoms with E-state index in [1.165, 1.54) is 12.1 Å². The quantitative estimate of drug-likeness (QED) is 0.881. The second-order valence-corrected chi connectivity index (χ2v) is 3.88. The van der Waals surface area contributed by atoms with Gasteiger partial charge in [0.2, 0.25) is 0 Å². The molecule has 1 aromatic heterocycles. The summed E-state index contributed by atoms with van der Waals surface area (Å²) in [6, 6.07) is 6.99. The van der Waals surface area contributed by atoms with Gasteiger partial charge in [-0.15, -0.1) is 0 Å². The second-order valence-electron chi connectivity index (χ2n) is 3.88. The third kappa shape index (κ3) is 3.14. The summed E-state index contributed by atoms with van der Waals surface area (Å²) in [5.41, 5.74) is 0.578. The van der Waals surface area contributed by atoms with Gasteiger partial charge in [-0.1, -0.05) is 0 Å². The van der Waals surface area contributed by atoms with Crippen molar-refractivity contribution in [2.75, 3.05) is 0 Å². The van der Waals surface area contributed by atoms with E-state index in [1.807, 2.05) is 13.0 Å². The van der Waals surface area contributed by atoms with E-state index in [4.69, 9.17) is 4.42 Å². The van der Waals surface area contributed by atoms with E-state index in [9.17, 15) is 8.78 Å². The summed E-state index contributed by atoms with van der Waals surface area (Å²) in [5.74, 6) is -0.341. The molecule has 2 rings (SSSR count). The van der Waals surface area contributed by atoms with E-state index < -0.39 is 11.6 Å². The SMILES string of the molecule is CC(NCc1ccco1)c1cc(F)cc(F)c1. The molecule has 1 atom stereocenters. The van der Waals surface area contributed by atoms with Crippen LogP contribution in [-0.2, 0) is 6.54 Å². The Kier molecular flexibility index (Phi) is 3.54. The van der Waals surface area contributed by atoms with E-state index in [2.05, 4.69) is 5.32 Å². The molecule has 0 spiro atoms. The molecule has 1 N–H and O–H groups in total. The summed E-state index contributed by atoms with van der Waals surface area (Å²) in [5, 5.41) is 3.13. The van der Waals surface area contributed by atoms with Crippen LogP contribution in [0.25, 0.3) is 0 Å². The standard InChI is InChI=1S/C13H13F2NO/c1-9(16-8-13-3-2-4-17-13)10-5-11(14)7-12(15)6-10/h2-7,9,16H,8H2,1H3. The van der Waals surface area contributed by atoms with Crippen LogP contribution in [0, 0.1) is 11.6 Å². The lowest BCUT2D eigenvalue weighted by Crippen LogP contribution is -2.18. The van der Waals surface area contributed by atoms with E-state index in [1.54, 1.807) is 12.3 Å². The fourth-order valence-electron chi connectivity index (χ4n) is 1.61. The van der Waals surface area contributed by atoms with Crippen LogP contribution in [-0.4, -0.2) is 0 Å². The normalized spacial score (nSPS) is 12.6. The average molecular weight is 237 g/mol. The van der Waals surface area contributed by atoms with Gasteiger partial charge in [0.1, 0.15) is 17.4 Å². The highest BCUT2D eigenvalue weighted by molar-refractivity contribution is 5.21. The van der Waals surface area contributed by atoms with Gasteiger partial charge in [0.05, 0.1) is 12.8 Å². The monoisotopic (exact) mass is 237 g/mol. The highest BCUT2D eigenvalue weighted by Gasteiger charge is 2.08.